The molecule has 1 aliphatic rings. The third-order valence-electron chi connectivity index (χ3n) is 4.54. The Morgan fingerprint density at radius 3 is 1.62 bits per heavy atom. The molecule has 0 aromatic heterocycles. The smallest absolute Gasteiger partial charge is 0.314 e. The van der Waals surface area contributed by atoms with E-state index in [1.807, 2.05) is 0 Å². The molecule has 2 rings (SSSR count). The fraction of sp³-hybridized carbons (Fsp3) is 0.632. The summed E-state index contributed by atoms with van der Waals surface area (Å²) < 4.78 is 0. The van der Waals surface area contributed by atoms with Crippen molar-refractivity contribution in [1.82, 2.24) is 0 Å². The van der Waals surface area contributed by atoms with Gasteiger partial charge < -0.3 is 5.11 Å². The lowest BCUT2D eigenvalue weighted by Crippen LogP contribution is -2.30. The number of carboxylic acid groups (broad SMARTS) is 1. The average Bonchev–Trinajstić information content (AvgIpc) is 3.06. The summed E-state index contributed by atoms with van der Waals surface area (Å²) in [5.41, 5.74) is 3.95. The first-order valence-electron chi connectivity index (χ1n) is 7.79. The Morgan fingerprint density at radius 1 is 1.00 bits per heavy atom. The number of carboxylic acids is 1. The molecule has 1 aliphatic carbocycles. The van der Waals surface area contributed by atoms with E-state index in [0.29, 0.717) is 0 Å². The van der Waals surface area contributed by atoms with Crippen LogP contribution in [0.25, 0.3) is 0 Å². The Balaban J connectivity index is 2.85. The third kappa shape index (κ3) is 2.73. The Hall–Kier alpha value is -1.31. The van der Waals surface area contributed by atoms with Crippen LogP contribution in [-0.2, 0) is 21.0 Å². The topological polar surface area (TPSA) is 37.3 Å². The lowest BCUT2D eigenvalue weighted by molar-refractivity contribution is -0.140. The molecule has 1 aromatic carbocycles. The summed E-state index contributed by atoms with van der Waals surface area (Å²) in [6, 6.07) is 4.38. The first kappa shape index (κ1) is 16.1. The number of benzene rings is 1. The predicted molar refractivity (Wildman–Crippen MR) is 87.1 cm³/mol. The van der Waals surface area contributed by atoms with Gasteiger partial charge in [-0.15, -0.1) is 0 Å². The second-order valence-corrected chi connectivity index (χ2v) is 8.62. The molecule has 1 fully saturated rings. The number of aryl methyl sites for hydroxylation is 1. The summed E-state index contributed by atoms with van der Waals surface area (Å²) in [6.07, 6.45) is 1.52. The van der Waals surface area contributed by atoms with Crippen molar-refractivity contribution >= 4 is 5.97 Å². The van der Waals surface area contributed by atoms with Crippen LogP contribution in [0.2, 0.25) is 0 Å². The maximum Gasteiger partial charge on any atom is 0.314 e. The van der Waals surface area contributed by atoms with E-state index in [9.17, 15) is 9.90 Å². The van der Waals surface area contributed by atoms with Gasteiger partial charge in [-0.05, 0) is 47.3 Å². The van der Waals surface area contributed by atoms with Crippen LogP contribution < -0.4 is 0 Å². The summed E-state index contributed by atoms with van der Waals surface area (Å²) in [7, 11) is 0. The maximum absolute atomic E-state index is 11.9. The molecule has 0 spiro atoms. The van der Waals surface area contributed by atoms with E-state index in [-0.39, 0.29) is 10.8 Å². The summed E-state index contributed by atoms with van der Waals surface area (Å²) >= 11 is 0. The van der Waals surface area contributed by atoms with Crippen LogP contribution in [0, 0.1) is 6.92 Å². The van der Waals surface area contributed by atoms with E-state index in [2.05, 4.69) is 60.6 Å². The van der Waals surface area contributed by atoms with Gasteiger partial charge in [0.1, 0.15) is 0 Å². The molecule has 1 N–H and O–H groups in total. The van der Waals surface area contributed by atoms with Crippen LogP contribution in [0.3, 0.4) is 0 Å². The van der Waals surface area contributed by atoms with Crippen LogP contribution in [0.1, 0.15) is 76.6 Å². The number of hydrogen-bond acceptors (Lipinski definition) is 1. The van der Waals surface area contributed by atoms with Crippen LogP contribution >= 0.6 is 0 Å². The highest BCUT2D eigenvalue weighted by molar-refractivity contribution is 5.86. The lowest BCUT2D eigenvalue weighted by Gasteiger charge is -2.33. The predicted octanol–water partition coefficient (Wildman–Crippen LogP) is 4.71. The molecule has 1 aromatic rings. The largest absolute Gasteiger partial charge is 0.481 e. The number of hydrogen-bond donors (Lipinski definition) is 1. The average molecular weight is 288 g/mol. The highest BCUT2D eigenvalue weighted by Gasteiger charge is 2.55. The molecular weight excluding hydrogens is 260 g/mol. The molecule has 0 saturated heterocycles. The first-order valence-corrected chi connectivity index (χ1v) is 7.79. The summed E-state index contributed by atoms with van der Waals surface area (Å²) in [6.45, 7) is 15.2. The SMILES string of the molecule is Cc1cc(C(C)(C)C)c(C2(C(=O)O)CC2)c(C(C)(C)C)c1. The molecule has 0 amide bonds. The zero-order valence-electron chi connectivity index (χ0n) is 14.4. The van der Waals surface area contributed by atoms with Gasteiger partial charge in [-0.3, -0.25) is 4.79 Å². The van der Waals surface area contributed by atoms with E-state index in [1.165, 1.54) is 16.7 Å². The van der Waals surface area contributed by atoms with Crippen LogP contribution in [-0.4, -0.2) is 11.1 Å². The highest BCUT2D eigenvalue weighted by atomic mass is 16.4. The summed E-state index contributed by atoms with van der Waals surface area (Å²) in [5, 5.41) is 9.81. The van der Waals surface area contributed by atoms with Crippen LogP contribution in [0.4, 0.5) is 0 Å². The Bertz CT molecular complexity index is 544. The molecule has 116 valence electrons. The Morgan fingerprint density at radius 2 is 1.38 bits per heavy atom. The zero-order valence-corrected chi connectivity index (χ0v) is 14.4. The second kappa shape index (κ2) is 4.59. The van der Waals surface area contributed by atoms with E-state index in [0.717, 1.165) is 18.4 Å². The van der Waals surface area contributed by atoms with E-state index in [1.54, 1.807) is 0 Å². The van der Waals surface area contributed by atoms with Gasteiger partial charge in [0.05, 0.1) is 5.41 Å². The second-order valence-electron chi connectivity index (χ2n) is 8.62. The normalized spacial score (nSPS) is 17.7. The van der Waals surface area contributed by atoms with Gasteiger partial charge in [-0.1, -0.05) is 59.2 Å². The number of aliphatic carboxylic acids is 1. The van der Waals surface area contributed by atoms with E-state index < -0.39 is 11.4 Å². The number of rotatable bonds is 2. The van der Waals surface area contributed by atoms with E-state index in [4.69, 9.17) is 0 Å². The van der Waals surface area contributed by atoms with Gasteiger partial charge in [0.2, 0.25) is 0 Å². The van der Waals surface area contributed by atoms with Gasteiger partial charge in [0.15, 0.2) is 0 Å². The molecule has 21 heavy (non-hydrogen) atoms. The molecule has 2 heteroatoms. The van der Waals surface area contributed by atoms with E-state index >= 15 is 0 Å². The third-order valence-corrected chi connectivity index (χ3v) is 4.54. The highest BCUT2D eigenvalue weighted by Crippen LogP contribution is 2.54. The maximum atomic E-state index is 11.9. The monoisotopic (exact) mass is 288 g/mol. The molecule has 1 saturated carbocycles. The zero-order chi connectivity index (χ0) is 16.2. The molecule has 0 radical (unpaired) electrons. The van der Waals surface area contributed by atoms with Crippen molar-refractivity contribution < 1.29 is 9.90 Å². The van der Waals surface area contributed by atoms with Crippen molar-refractivity contribution in [3.05, 3.63) is 34.4 Å². The van der Waals surface area contributed by atoms with Gasteiger partial charge in [0, 0.05) is 0 Å². The standard InChI is InChI=1S/C19H28O2/c1-12-10-13(17(2,3)4)15(14(11-12)18(5,6)7)19(8-9-19)16(20)21/h10-11H,8-9H2,1-7H3,(H,20,21). The molecule has 0 aliphatic heterocycles. The fourth-order valence-corrected chi connectivity index (χ4v) is 3.18. The van der Waals surface area contributed by atoms with Crippen molar-refractivity contribution in [3.63, 3.8) is 0 Å². The minimum Gasteiger partial charge on any atom is -0.481 e. The van der Waals surface area contributed by atoms with Crippen LogP contribution in [0.15, 0.2) is 12.1 Å². The Labute approximate surface area is 128 Å². The Kier molecular flexibility index (Phi) is 3.51. The van der Waals surface area contributed by atoms with Gasteiger partial charge in [-0.25, -0.2) is 0 Å². The van der Waals surface area contributed by atoms with Gasteiger partial charge in [-0.2, -0.15) is 0 Å². The lowest BCUT2D eigenvalue weighted by atomic mass is 9.71. The van der Waals surface area contributed by atoms with Crippen molar-refractivity contribution in [3.8, 4) is 0 Å². The molecule has 2 nitrogen and oxygen atoms in total. The minimum absolute atomic E-state index is 0.0492. The fourth-order valence-electron chi connectivity index (χ4n) is 3.18. The van der Waals surface area contributed by atoms with Crippen molar-refractivity contribution in [2.45, 2.75) is 77.6 Å². The minimum atomic E-state index is -0.664. The van der Waals surface area contributed by atoms with Crippen LogP contribution in [0.5, 0.6) is 0 Å². The summed E-state index contributed by atoms with van der Waals surface area (Å²) in [5.74, 6) is -0.664. The molecular formula is C19H28O2. The van der Waals surface area contributed by atoms with Gasteiger partial charge >= 0.3 is 5.97 Å². The summed E-state index contributed by atoms with van der Waals surface area (Å²) in [4.78, 5) is 11.9. The van der Waals surface area contributed by atoms with Crippen molar-refractivity contribution in [2.24, 2.45) is 0 Å². The first-order chi connectivity index (χ1) is 9.39. The molecule has 0 unspecified atom stereocenters. The number of carbonyl (C=O) groups is 1. The van der Waals surface area contributed by atoms with Gasteiger partial charge in [0.25, 0.3) is 0 Å². The molecule has 0 bridgehead atoms. The quantitative estimate of drug-likeness (QED) is 0.856. The van der Waals surface area contributed by atoms with Crippen molar-refractivity contribution in [2.75, 3.05) is 0 Å². The molecule has 0 atom stereocenters. The van der Waals surface area contributed by atoms with Crippen molar-refractivity contribution in [1.29, 1.82) is 0 Å². The molecule has 0 heterocycles.